The van der Waals surface area contributed by atoms with E-state index in [4.69, 9.17) is 0 Å². The lowest BCUT2D eigenvalue weighted by Gasteiger charge is -2.37. The number of rotatable bonds is 3. The molecule has 4 heteroatoms. The third-order valence-corrected chi connectivity index (χ3v) is 4.70. The first-order valence-electron chi connectivity index (χ1n) is 7.93. The van der Waals surface area contributed by atoms with E-state index in [1.165, 1.54) is 0 Å². The molecule has 1 saturated heterocycles. The predicted octanol–water partition coefficient (Wildman–Crippen LogP) is 3.09. The van der Waals surface area contributed by atoms with Gasteiger partial charge in [0.05, 0.1) is 5.41 Å². The molecule has 1 unspecified atom stereocenters. The van der Waals surface area contributed by atoms with E-state index in [-0.39, 0.29) is 5.91 Å². The number of likely N-dealkylation sites (tertiary alicyclic amines) is 1. The van der Waals surface area contributed by atoms with E-state index >= 15 is 0 Å². The molecule has 1 aliphatic rings. The molecule has 2 aromatic rings. The van der Waals surface area contributed by atoms with Crippen LogP contribution in [0.15, 0.2) is 42.6 Å². The number of H-pyrrole nitrogens is 1. The first-order chi connectivity index (χ1) is 10.6. The van der Waals surface area contributed by atoms with Crippen LogP contribution in [-0.4, -0.2) is 34.1 Å². The molecular formula is C18H23N3O. The molecule has 22 heavy (non-hydrogen) atoms. The zero-order valence-electron chi connectivity index (χ0n) is 13.2. The van der Waals surface area contributed by atoms with Crippen molar-refractivity contribution in [3.63, 3.8) is 0 Å². The molecule has 3 rings (SSSR count). The molecule has 0 bridgehead atoms. The fourth-order valence-corrected chi connectivity index (χ4v) is 3.28. The van der Waals surface area contributed by atoms with Crippen molar-refractivity contribution in [2.24, 2.45) is 0 Å². The van der Waals surface area contributed by atoms with Gasteiger partial charge in [0.25, 0.3) is 0 Å². The van der Waals surface area contributed by atoms with Crippen LogP contribution in [0.2, 0.25) is 0 Å². The number of carbonyl (C=O) groups excluding carboxylic acids is 1. The summed E-state index contributed by atoms with van der Waals surface area (Å²) in [5.41, 5.74) is 1.72. The zero-order valence-corrected chi connectivity index (χ0v) is 13.2. The van der Waals surface area contributed by atoms with Crippen molar-refractivity contribution in [2.75, 3.05) is 13.1 Å². The molecular weight excluding hydrogens is 274 g/mol. The summed E-state index contributed by atoms with van der Waals surface area (Å²) in [5, 5.41) is 7.08. The number of nitrogens with zero attached hydrogens (tertiary/aromatic N) is 2. The predicted molar refractivity (Wildman–Crippen MR) is 86.6 cm³/mol. The summed E-state index contributed by atoms with van der Waals surface area (Å²) >= 11 is 0. The lowest BCUT2D eigenvalue weighted by molar-refractivity contribution is -0.137. The van der Waals surface area contributed by atoms with Gasteiger partial charge >= 0.3 is 0 Å². The number of carbonyl (C=O) groups is 1. The van der Waals surface area contributed by atoms with Crippen LogP contribution in [0.1, 0.15) is 43.9 Å². The lowest BCUT2D eigenvalue weighted by Crippen LogP contribution is -2.47. The minimum Gasteiger partial charge on any atom is -0.341 e. The minimum absolute atomic E-state index is 0.211. The molecule has 1 aliphatic heterocycles. The van der Waals surface area contributed by atoms with E-state index in [0.717, 1.165) is 37.2 Å². The minimum atomic E-state index is -0.489. The van der Waals surface area contributed by atoms with Crippen molar-refractivity contribution in [3.8, 4) is 0 Å². The molecule has 1 N–H and O–H groups in total. The van der Waals surface area contributed by atoms with E-state index in [1.54, 1.807) is 6.20 Å². The Morgan fingerprint density at radius 3 is 2.73 bits per heavy atom. The van der Waals surface area contributed by atoms with E-state index in [9.17, 15) is 4.79 Å². The Morgan fingerprint density at radius 2 is 2.05 bits per heavy atom. The summed E-state index contributed by atoms with van der Waals surface area (Å²) in [6.07, 6.45) is 3.93. The zero-order chi connectivity index (χ0) is 15.6. The Morgan fingerprint density at radius 1 is 1.27 bits per heavy atom. The molecule has 4 nitrogen and oxygen atoms in total. The van der Waals surface area contributed by atoms with Gasteiger partial charge in [0.15, 0.2) is 0 Å². The van der Waals surface area contributed by atoms with Crippen molar-refractivity contribution in [2.45, 2.75) is 38.0 Å². The number of aromatic amines is 1. The van der Waals surface area contributed by atoms with E-state index in [0.29, 0.717) is 5.92 Å². The molecule has 0 aliphatic carbocycles. The highest BCUT2D eigenvalue weighted by Gasteiger charge is 2.36. The Labute approximate surface area is 131 Å². The molecule has 1 atom stereocenters. The van der Waals surface area contributed by atoms with Crippen molar-refractivity contribution >= 4 is 5.91 Å². The summed E-state index contributed by atoms with van der Waals surface area (Å²) in [7, 11) is 0. The number of piperidine rings is 1. The topological polar surface area (TPSA) is 49.0 Å². The summed E-state index contributed by atoms with van der Waals surface area (Å²) in [5.74, 6) is 0.578. The highest BCUT2D eigenvalue weighted by molar-refractivity contribution is 5.87. The summed E-state index contributed by atoms with van der Waals surface area (Å²) in [6, 6.07) is 12.1. The molecule has 1 aromatic heterocycles. The van der Waals surface area contributed by atoms with Crippen LogP contribution in [-0.2, 0) is 10.2 Å². The Balaban J connectivity index is 1.77. The van der Waals surface area contributed by atoms with E-state index < -0.39 is 5.41 Å². The fourth-order valence-electron chi connectivity index (χ4n) is 3.28. The van der Waals surface area contributed by atoms with Gasteiger partial charge in [0, 0.05) is 30.9 Å². The van der Waals surface area contributed by atoms with Gasteiger partial charge in [-0.2, -0.15) is 5.10 Å². The van der Waals surface area contributed by atoms with Gasteiger partial charge in [-0.3, -0.25) is 9.89 Å². The number of benzene rings is 1. The molecule has 0 radical (unpaired) electrons. The molecule has 1 amide bonds. The number of amides is 1. The maximum atomic E-state index is 13.0. The first-order valence-corrected chi connectivity index (χ1v) is 7.93. The molecule has 116 valence electrons. The van der Waals surface area contributed by atoms with Crippen LogP contribution in [0, 0.1) is 0 Å². The maximum Gasteiger partial charge on any atom is 0.232 e. The molecule has 2 heterocycles. The second-order valence-corrected chi connectivity index (χ2v) is 6.59. The van der Waals surface area contributed by atoms with Gasteiger partial charge in [-0.05, 0) is 38.3 Å². The Hall–Kier alpha value is -2.10. The highest BCUT2D eigenvalue weighted by atomic mass is 16.2. The number of hydrogen-bond acceptors (Lipinski definition) is 2. The van der Waals surface area contributed by atoms with Crippen molar-refractivity contribution in [1.82, 2.24) is 15.1 Å². The number of aromatic nitrogens is 2. The van der Waals surface area contributed by atoms with E-state index in [1.807, 2.05) is 55.1 Å². The fraction of sp³-hybridized carbons (Fsp3) is 0.444. The van der Waals surface area contributed by atoms with Gasteiger partial charge < -0.3 is 4.90 Å². The normalized spacial score (nSPS) is 19.2. The van der Waals surface area contributed by atoms with E-state index in [2.05, 4.69) is 10.2 Å². The van der Waals surface area contributed by atoms with Crippen molar-refractivity contribution in [3.05, 3.63) is 53.9 Å². The monoisotopic (exact) mass is 297 g/mol. The quantitative estimate of drug-likeness (QED) is 0.946. The Kier molecular flexibility index (Phi) is 4.01. The number of hydrogen-bond donors (Lipinski definition) is 1. The molecule has 1 aromatic carbocycles. The summed E-state index contributed by atoms with van der Waals surface area (Å²) in [4.78, 5) is 15.1. The third-order valence-electron chi connectivity index (χ3n) is 4.70. The molecule has 0 spiro atoms. The van der Waals surface area contributed by atoms with Gasteiger partial charge in [-0.15, -0.1) is 0 Å². The summed E-state index contributed by atoms with van der Waals surface area (Å²) in [6.45, 7) is 5.66. The highest BCUT2D eigenvalue weighted by Crippen LogP contribution is 2.30. The summed E-state index contributed by atoms with van der Waals surface area (Å²) < 4.78 is 0. The van der Waals surface area contributed by atoms with Crippen LogP contribution in [0.5, 0.6) is 0 Å². The van der Waals surface area contributed by atoms with Gasteiger partial charge in [-0.25, -0.2) is 0 Å². The van der Waals surface area contributed by atoms with Gasteiger partial charge in [0.2, 0.25) is 5.91 Å². The van der Waals surface area contributed by atoms with Gasteiger partial charge in [-0.1, -0.05) is 30.3 Å². The third kappa shape index (κ3) is 2.78. The van der Waals surface area contributed by atoms with Gasteiger partial charge in [0.1, 0.15) is 0 Å². The van der Waals surface area contributed by atoms with Crippen molar-refractivity contribution in [1.29, 1.82) is 0 Å². The number of nitrogens with one attached hydrogen (secondary N) is 1. The second kappa shape index (κ2) is 5.95. The lowest BCUT2D eigenvalue weighted by atomic mass is 9.82. The SMILES string of the molecule is CC(C)(C(=O)N1CCCC(c2ccn[nH]2)C1)c1ccccc1. The van der Waals surface area contributed by atoms with Crippen molar-refractivity contribution < 1.29 is 4.79 Å². The largest absolute Gasteiger partial charge is 0.341 e. The van der Waals surface area contributed by atoms with Crippen LogP contribution < -0.4 is 0 Å². The molecule has 1 fully saturated rings. The average Bonchev–Trinajstić information content (AvgIpc) is 3.09. The first kappa shape index (κ1) is 14.8. The maximum absolute atomic E-state index is 13.0. The molecule has 0 saturated carbocycles. The van der Waals surface area contributed by atoms with Crippen LogP contribution in [0.25, 0.3) is 0 Å². The Bertz CT molecular complexity index is 619. The van der Waals surface area contributed by atoms with Crippen LogP contribution >= 0.6 is 0 Å². The standard InChI is InChI=1S/C18H23N3O/c1-18(2,15-8-4-3-5-9-15)17(22)21-12-6-7-14(13-21)16-10-11-19-20-16/h3-5,8-11,14H,6-7,12-13H2,1-2H3,(H,19,20). The smallest absolute Gasteiger partial charge is 0.232 e. The second-order valence-electron chi connectivity index (χ2n) is 6.59. The van der Waals surface area contributed by atoms with Crippen LogP contribution in [0.4, 0.5) is 0 Å². The van der Waals surface area contributed by atoms with Crippen LogP contribution in [0.3, 0.4) is 0 Å². The average molecular weight is 297 g/mol.